The van der Waals surface area contributed by atoms with Crippen molar-refractivity contribution < 1.29 is 0 Å². The Labute approximate surface area is 96.4 Å². The molecule has 0 unspecified atom stereocenters. The summed E-state index contributed by atoms with van der Waals surface area (Å²) in [5.74, 6) is 0. The fourth-order valence-corrected chi connectivity index (χ4v) is 1.90. The van der Waals surface area contributed by atoms with Gasteiger partial charge in [0.25, 0.3) is 0 Å². The maximum atomic E-state index is 3.92. The lowest BCUT2D eigenvalue weighted by Gasteiger charge is -2.05. The average molecular weight is 216 g/mol. The minimum Gasteiger partial charge on any atom is -0.0984 e. The molecule has 0 amide bonds. The molecule has 0 fully saturated rings. The summed E-state index contributed by atoms with van der Waals surface area (Å²) in [6.07, 6.45) is 2.10. The second-order valence-electron chi connectivity index (χ2n) is 3.30. The summed E-state index contributed by atoms with van der Waals surface area (Å²) < 4.78 is 0. The largest absolute Gasteiger partial charge is 0.0984 e. The van der Waals surface area contributed by atoms with Gasteiger partial charge in [0.2, 0.25) is 0 Å². The Morgan fingerprint density at radius 3 is 2.13 bits per heavy atom. The molecule has 0 spiro atoms. The van der Waals surface area contributed by atoms with Crippen LogP contribution in [0.2, 0.25) is 0 Å². The third-order valence-electron chi connectivity index (χ3n) is 2.13. The first-order valence-electron chi connectivity index (χ1n) is 4.89. The molecule has 0 atom stereocenters. The number of hydrogen-bond donors (Lipinski definition) is 0. The predicted molar refractivity (Wildman–Crippen MR) is 72.6 cm³/mol. The van der Waals surface area contributed by atoms with E-state index in [4.69, 9.17) is 0 Å². The lowest BCUT2D eigenvalue weighted by atomic mass is 10.1. The fourth-order valence-electron chi connectivity index (χ4n) is 1.31. The van der Waals surface area contributed by atoms with Gasteiger partial charge in [0.05, 0.1) is 0 Å². The second-order valence-corrected chi connectivity index (χ2v) is 4.30. The molecule has 0 bridgehead atoms. The predicted octanol–water partition coefficient (Wildman–Crippen LogP) is 4.96. The van der Waals surface area contributed by atoms with Gasteiger partial charge in [-0.25, -0.2) is 0 Å². The van der Waals surface area contributed by atoms with E-state index in [1.807, 2.05) is 19.3 Å². The Kier molecular flexibility index (Phi) is 4.44. The Morgan fingerprint density at radius 2 is 1.73 bits per heavy atom. The van der Waals surface area contributed by atoms with Crippen LogP contribution in [0, 0.1) is 0 Å². The van der Waals surface area contributed by atoms with Gasteiger partial charge in [-0.1, -0.05) is 60.8 Å². The first kappa shape index (κ1) is 11.9. The highest BCUT2D eigenvalue weighted by atomic mass is 32.2. The second kappa shape index (κ2) is 5.62. The first-order chi connectivity index (χ1) is 7.19. The fraction of sp³-hybridized carbons (Fsp3) is 0.143. The molecular weight excluding hydrogens is 200 g/mol. The summed E-state index contributed by atoms with van der Waals surface area (Å²) in [5, 5.41) is 1.85. The lowest BCUT2D eigenvalue weighted by Crippen LogP contribution is -1.81. The van der Waals surface area contributed by atoms with Gasteiger partial charge < -0.3 is 0 Å². The quantitative estimate of drug-likeness (QED) is 0.685. The molecule has 78 valence electrons. The smallest absolute Gasteiger partial charge is 0.0145 e. The van der Waals surface area contributed by atoms with Crippen LogP contribution in [-0.4, -0.2) is 0 Å². The molecule has 0 saturated carbocycles. The number of thioether (sulfide) groups is 1. The van der Waals surface area contributed by atoms with Gasteiger partial charge >= 0.3 is 0 Å². The molecule has 15 heavy (non-hydrogen) atoms. The van der Waals surface area contributed by atoms with Gasteiger partial charge in [0.1, 0.15) is 0 Å². The first-order valence-corrected chi connectivity index (χ1v) is 5.77. The SMILES string of the molecule is C=CS/C(=C\C)c1ccc(C(=C)C)cc1. The van der Waals surface area contributed by atoms with E-state index in [-0.39, 0.29) is 0 Å². The van der Waals surface area contributed by atoms with E-state index in [0.717, 1.165) is 5.57 Å². The molecule has 0 aliphatic rings. The molecule has 1 heteroatoms. The Morgan fingerprint density at radius 1 is 1.20 bits per heavy atom. The highest BCUT2D eigenvalue weighted by Gasteiger charge is 1.99. The molecule has 0 nitrogen and oxygen atoms in total. The molecule has 0 saturated heterocycles. The van der Waals surface area contributed by atoms with Crippen LogP contribution in [0.15, 0.2) is 48.9 Å². The summed E-state index contributed by atoms with van der Waals surface area (Å²) >= 11 is 1.65. The van der Waals surface area contributed by atoms with Crippen LogP contribution in [0.5, 0.6) is 0 Å². The molecule has 0 aromatic heterocycles. The van der Waals surface area contributed by atoms with Crippen molar-refractivity contribution in [1.29, 1.82) is 0 Å². The number of rotatable bonds is 4. The molecule has 0 radical (unpaired) electrons. The molecule has 0 aliphatic heterocycles. The molecule has 1 aromatic carbocycles. The minimum atomic E-state index is 1.10. The van der Waals surface area contributed by atoms with Gasteiger partial charge in [-0.3, -0.25) is 0 Å². The zero-order valence-corrected chi connectivity index (χ0v) is 10.1. The summed E-state index contributed by atoms with van der Waals surface area (Å²) in [6, 6.07) is 8.45. The zero-order valence-electron chi connectivity index (χ0n) is 9.29. The van der Waals surface area contributed by atoms with E-state index in [2.05, 4.69) is 43.5 Å². The summed E-state index contributed by atoms with van der Waals surface area (Å²) in [7, 11) is 0. The normalized spacial score (nSPS) is 11.2. The Hall–Kier alpha value is -1.21. The van der Waals surface area contributed by atoms with Crippen LogP contribution in [0.4, 0.5) is 0 Å². The lowest BCUT2D eigenvalue weighted by molar-refractivity contribution is 1.55. The van der Waals surface area contributed by atoms with Crippen molar-refractivity contribution in [2.75, 3.05) is 0 Å². The molecule has 0 aliphatic carbocycles. The van der Waals surface area contributed by atoms with E-state index in [0.29, 0.717) is 0 Å². The minimum absolute atomic E-state index is 1.10. The molecule has 1 rings (SSSR count). The van der Waals surface area contributed by atoms with Crippen molar-refractivity contribution in [3.63, 3.8) is 0 Å². The zero-order chi connectivity index (χ0) is 11.3. The van der Waals surface area contributed by atoms with Crippen molar-refractivity contribution >= 4 is 22.2 Å². The number of benzene rings is 1. The molecule has 0 heterocycles. The van der Waals surface area contributed by atoms with Crippen molar-refractivity contribution in [1.82, 2.24) is 0 Å². The summed E-state index contributed by atoms with van der Waals surface area (Å²) in [4.78, 5) is 1.23. The van der Waals surface area contributed by atoms with Crippen LogP contribution in [0.25, 0.3) is 10.5 Å². The van der Waals surface area contributed by atoms with Crippen LogP contribution in [-0.2, 0) is 0 Å². The number of allylic oxidation sites excluding steroid dienone is 2. The van der Waals surface area contributed by atoms with E-state index < -0.39 is 0 Å². The van der Waals surface area contributed by atoms with Gasteiger partial charge in [0, 0.05) is 4.91 Å². The topological polar surface area (TPSA) is 0 Å². The molecular formula is C14H16S. The molecule has 0 N–H and O–H groups in total. The van der Waals surface area contributed by atoms with E-state index in [1.165, 1.54) is 16.0 Å². The Balaban J connectivity index is 2.97. The molecule has 1 aromatic rings. The van der Waals surface area contributed by atoms with Crippen molar-refractivity contribution in [3.8, 4) is 0 Å². The van der Waals surface area contributed by atoms with E-state index >= 15 is 0 Å². The summed E-state index contributed by atoms with van der Waals surface area (Å²) in [5.41, 5.74) is 3.52. The van der Waals surface area contributed by atoms with Gasteiger partial charge in [-0.05, 0) is 30.4 Å². The highest BCUT2D eigenvalue weighted by Crippen LogP contribution is 2.28. The van der Waals surface area contributed by atoms with Crippen molar-refractivity contribution in [2.45, 2.75) is 13.8 Å². The summed E-state index contributed by atoms with van der Waals surface area (Å²) in [6.45, 7) is 11.7. The van der Waals surface area contributed by atoms with Crippen LogP contribution in [0.1, 0.15) is 25.0 Å². The van der Waals surface area contributed by atoms with Crippen molar-refractivity contribution in [2.24, 2.45) is 0 Å². The monoisotopic (exact) mass is 216 g/mol. The van der Waals surface area contributed by atoms with Gasteiger partial charge in [0.15, 0.2) is 0 Å². The maximum Gasteiger partial charge on any atom is 0.0145 e. The third-order valence-corrected chi connectivity index (χ3v) is 3.03. The van der Waals surface area contributed by atoms with Crippen LogP contribution in [0.3, 0.4) is 0 Å². The average Bonchev–Trinajstić information content (AvgIpc) is 2.26. The van der Waals surface area contributed by atoms with Crippen LogP contribution < -0.4 is 0 Å². The van der Waals surface area contributed by atoms with Gasteiger partial charge in [-0.15, -0.1) is 0 Å². The van der Waals surface area contributed by atoms with Gasteiger partial charge in [-0.2, -0.15) is 0 Å². The third kappa shape index (κ3) is 3.14. The van der Waals surface area contributed by atoms with E-state index in [1.54, 1.807) is 11.8 Å². The number of hydrogen-bond acceptors (Lipinski definition) is 1. The Bertz CT molecular complexity index is 382. The van der Waals surface area contributed by atoms with E-state index in [9.17, 15) is 0 Å². The maximum absolute atomic E-state index is 3.92. The van der Waals surface area contributed by atoms with Crippen LogP contribution >= 0.6 is 11.8 Å². The van der Waals surface area contributed by atoms with Crippen molar-refractivity contribution in [3.05, 3.63) is 60.0 Å². The standard InChI is InChI=1S/C14H16S/c1-5-14(15-6-2)13-9-7-12(8-10-13)11(3)4/h5-10H,2-3H2,1,4H3/b14-5-. The highest BCUT2D eigenvalue weighted by molar-refractivity contribution is 8.10.